The molecule has 0 saturated carbocycles. The van der Waals surface area contributed by atoms with Crippen molar-refractivity contribution >= 4 is 23.5 Å². The van der Waals surface area contributed by atoms with Crippen LogP contribution in [0.1, 0.15) is 0 Å². The average Bonchev–Trinajstić information content (AvgIpc) is 2.17. The molecule has 0 aliphatic carbocycles. The van der Waals surface area contributed by atoms with E-state index in [1.165, 1.54) is 0 Å². The van der Waals surface area contributed by atoms with E-state index < -0.39 is 0 Å². The predicted molar refractivity (Wildman–Crippen MR) is 58.4 cm³/mol. The summed E-state index contributed by atoms with van der Waals surface area (Å²) in [4.78, 5) is 11.5. The zero-order valence-electron chi connectivity index (χ0n) is 7.88. The zero-order chi connectivity index (χ0) is 10.7. The molecule has 1 heterocycles. The molecule has 5 N–H and O–H groups in total. The lowest BCUT2D eigenvalue weighted by atomic mass is 10.3. The topological polar surface area (TPSA) is 103 Å². The minimum absolute atomic E-state index is 0.0981. The van der Waals surface area contributed by atoms with Crippen molar-refractivity contribution in [3.63, 3.8) is 0 Å². The van der Waals surface area contributed by atoms with Gasteiger partial charge in [0.05, 0.1) is 0 Å². The van der Waals surface area contributed by atoms with Gasteiger partial charge < -0.3 is 16.8 Å². The second-order valence-electron chi connectivity index (χ2n) is 2.87. The van der Waals surface area contributed by atoms with E-state index in [9.17, 15) is 0 Å². The number of aromatic nitrogens is 3. The lowest BCUT2D eigenvalue weighted by Gasteiger charge is -2.04. The van der Waals surface area contributed by atoms with E-state index in [0.29, 0.717) is 5.95 Å². The Labute approximate surface area is 86.4 Å². The maximum Gasteiger partial charge on any atom is 0.233 e. The molecule has 0 amide bonds. The molecule has 0 aliphatic heterocycles. The molecule has 0 radical (unpaired) electrons. The second-order valence-corrected chi connectivity index (χ2v) is 2.87. The summed E-state index contributed by atoms with van der Waals surface area (Å²) < 4.78 is 0. The summed E-state index contributed by atoms with van der Waals surface area (Å²) >= 11 is 0. The van der Waals surface area contributed by atoms with Gasteiger partial charge in [-0.3, -0.25) is 0 Å². The predicted octanol–water partition coefficient (Wildman–Crippen LogP) is 0.780. The zero-order valence-corrected chi connectivity index (χ0v) is 7.88. The molecule has 0 saturated heterocycles. The number of nitrogens with one attached hydrogen (secondary N) is 1. The quantitative estimate of drug-likeness (QED) is 0.665. The number of hydrogen-bond donors (Lipinski definition) is 3. The molecular weight excluding hydrogens is 192 g/mol. The van der Waals surface area contributed by atoms with Crippen molar-refractivity contribution in [2.24, 2.45) is 0 Å². The molecule has 0 unspecified atom stereocenters. The third-order valence-electron chi connectivity index (χ3n) is 1.70. The lowest BCUT2D eigenvalue weighted by molar-refractivity contribution is 1.08. The summed E-state index contributed by atoms with van der Waals surface area (Å²) in [6.07, 6.45) is 0. The number of nitrogen functional groups attached to an aromatic ring is 2. The highest BCUT2D eigenvalue weighted by atomic mass is 15.2. The number of anilines is 4. The highest BCUT2D eigenvalue weighted by molar-refractivity contribution is 5.54. The van der Waals surface area contributed by atoms with Gasteiger partial charge in [-0.05, 0) is 12.1 Å². The number of nitrogens with zero attached hydrogens (tertiary/aromatic N) is 3. The van der Waals surface area contributed by atoms with Gasteiger partial charge in [0.2, 0.25) is 17.8 Å². The van der Waals surface area contributed by atoms with Crippen molar-refractivity contribution in [3.05, 3.63) is 30.3 Å². The molecule has 15 heavy (non-hydrogen) atoms. The summed E-state index contributed by atoms with van der Waals surface area (Å²) in [7, 11) is 0. The van der Waals surface area contributed by atoms with Crippen LogP contribution in [0.25, 0.3) is 0 Å². The van der Waals surface area contributed by atoms with Crippen molar-refractivity contribution in [1.82, 2.24) is 15.0 Å². The number of para-hydroxylation sites is 1. The van der Waals surface area contributed by atoms with Crippen molar-refractivity contribution in [2.45, 2.75) is 0 Å². The van der Waals surface area contributed by atoms with Crippen LogP contribution in [0, 0.1) is 0 Å². The van der Waals surface area contributed by atoms with E-state index >= 15 is 0 Å². The van der Waals surface area contributed by atoms with E-state index in [1.807, 2.05) is 30.3 Å². The van der Waals surface area contributed by atoms with Gasteiger partial charge in [0.15, 0.2) is 0 Å². The Hall–Kier alpha value is -2.37. The van der Waals surface area contributed by atoms with Gasteiger partial charge in [0.1, 0.15) is 0 Å². The summed E-state index contributed by atoms with van der Waals surface area (Å²) in [6.45, 7) is 0. The van der Waals surface area contributed by atoms with Crippen molar-refractivity contribution < 1.29 is 0 Å². The minimum atomic E-state index is 0.0981. The molecule has 2 rings (SSSR count). The van der Waals surface area contributed by atoms with Crippen LogP contribution in [-0.4, -0.2) is 15.0 Å². The van der Waals surface area contributed by atoms with Gasteiger partial charge in [0, 0.05) is 5.69 Å². The smallest absolute Gasteiger partial charge is 0.233 e. The maximum absolute atomic E-state index is 5.43. The van der Waals surface area contributed by atoms with Gasteiger partial charge in [-0.25, -0.2) is 0 Å². The summed E-state index contributed by atoms with van der Waals surface area (Å²) in [5.41, 5.74) is 11.7. The number of rotatable bonds is 2. The van der Waals surface area contributed by atoms with Crippen LogP contribution in [-0.2, 0) is 0 Å². The van der Waals surface area contributed by atoms with E-state index in [2.05, 4.69) is 20.3 Å². The third-order valence-corrected chi connectivity index (χ3v) is 1.70. The maximum atomic E-state index is 5.43. The fourth-order valence-electron chi connectivity index (χ4n) is 1.12. The van der Waals surface area contributed by atoms with E-state index in [1.54, 1.807) is 0 Å². The minimum Gasteiger partial charge on any atom is -0.368 e. The Balaban J connectivity index is 2.25. The summed E-state index contributed by atoms with van der Waals surface area (Å²) in [6, 6.07) is 9.49. The van der Waals surface area contributed by atoms with Crippen LogP contribution in [0.4, 0.5) is 23.5 Å². The Morgan fingerprint density at radius 3 is 2.07 bits per heavy atom. The second kappa shape index (κ2) is 3.79. The molecule has 0 aliphatic rings. The van der Waals surface area contributed by atoms with Crippen LogP contribution >= 0.6 is 0 Å². The van der Waals surface area contributed by atoms with Crippen molar-refractivity contribution in [1.29, 1.82) is 0 Å². The largest absolute Gasteiger partial charge is 0.368 e. The molecule has 0 atom stereocenters. The average molecular weight is 202 g/mol. The van der Waals surface area contributed by atoms with Crippen LogP contribution < -0.4 is 16.8 Å². The fraction of sp³-hybridized carbons (Fsp3) is 0. The number of nitrogens with two attached hydrogens (primary N) is 2. The molecule has 0 bridgehead atoms. The molecule has 6 heteroatoms. The van der Waals surface area contributed by atoms with E-state index in [-0.39, 0.29) is 11.9 Å². The Bertz CT molecular complexity index is 435. The normalized spacial score (nSPS) is 9.87. The van der Waals surface area contributed by atoms with Gasteiger partial charge >= 0.3 is 0 Å². The molecule has 1 aromatic carbocycles. The monoisotopic (exact) mass is 202 g/mol. The Morgan fingerprint density at radius 2 is 1.47 bits per heavy atom. The van der Waals surface area contributed by atoms with Gasteiger partial charge in [0.25, 0.3) is 0 Å². The highest BCUT2D eigenvalue weighted by Crippen LogP contribution is 2.12. The fourth-order valence-corrected chi connectivity index (χ4v) is 1.12. The SMILES string of the molecule is Nc1nc(N)nc(Nc2ccccc2)n1. The van der Waals surface area contributed by atoms with E-state index in [4.69, 9.17) is 11.5 Å². The van der Waals surface area contributed by atoms with Gasteiger partial charge in [-0.15, -0.1) is 0 Å². The lowest BCUT2D eigenvalue weighted by Crippen LogP contribution is -2.06. The Morgan fingerprint density at radius 1 is 0.867 bits per heavy atom. The standard InChI is InChI=1S/C9H10N6/c10-7-13-8(11)15-9(14-7)12-6-4-2-1-3-5-6/h1-5H,(H5,10,11,12,13,14,15). The van der Waals surface area contributed by atoms with Crippen LogP contribution in [0.2, 0.25) is 0 Å². The van der Waals surface area contributed by atoms with Crippen LogP contribution in [0.15, 0.2) is 30.3 Å². The number of benzene rings is 1. The van der Waals surface area contributed by atoms with Crippen molar-refractivity contribution in [2.75, 3.05) is 16.8 Å². The first-order valence-electron chi connectivity index (χ1n) is 4.33. The first-order chi connectivity index (χ1) is 7.24. The molecular formula is C9H10N6. The first-order valence-corrected chi connectivity index (χ1v) is 4.33. The van der Waals surface area contributed by atoms with E-state index in [0.717, 1.165) is 5.69 Å². The molecule has 76 valence electrons. The summed E-state index contributed by atoms with van der Waals surface area (Å²) in [5.74, 6) is 0.535. The van der Waals surface area contributed by atoms with Gasteiger partial charge in [-0.1, -0.05) is 18.2 Å². The molecule has 2 aromatic rings. The Kier molecular flexibility index (Phi) is 2.32. The third kappa shape index (κ3) is 2.31. The first kappa shape index (κ1) is 9.20. The van der Waals surface area contributed by atoms with Crippen LogP contribution in [0.5, 0.6) is 0 Å². The molecule has 0 spiro atoms. The highest BCUT2D eigenvalue weighted by Gasteiger charge is 2.01. The molecule has 6 nitrogen and oxygen atoms in total. The summed E-state index contributed by atoms with van der Waals surface area (Å²) in [5, 5.41) is 2.96. The van der Waals surface area contributed by atoms with Crippen LogP contribution in [0.3, 0.4) is 0 Å². The number of hydrogen-bond acceptors (Lipinski definition) is 6. The molecule has 1 aromatic heterocycles. The van der Waals surface area contributed by atoms with Crippen molar-refractivity contribution in [3.8, 4) is 0 Å². The molecule has 0 fully saturated rings. The van der Waals surface area contributed by atoms with Gasteiger partial charge in [-0.2, -0.15) is 15.0 Å².